The summed E-state index contributed by atoms with van der Waals surface area (Å²) in [4.78, 5) is 15.2. The lowest BCUT2D eigenvalue weighted by molar-refractivity contribution is -0.136. The summed E-state index contributed by atoms with van der Waals surface area (Å²) in [5, 5.41) is 2.97. The molecular formula is C23H38N2O3. The van der Waals surface area contributed by atoms with Gasteiger partial charge < -0.3 is 14.8 Å². The Labute approximate surface area is 170 Å². The molecule has 1 N–H and O–H groups in total. The van der Waals surface area contributed by atoms with Gasteiger partial charge in [-0.2, -0.15) is 0 Å². The third-order valence-corrected chi connectivity index (χ3v) is 5.89. The summed E-state index contributed by atoms with van der Waals surface area (Å²) in [5.41, 5.74) is -0.0316. The number of anilines is 1. The average molecular weight is 391 g/mol. The van der Waals surface area contributed by atoms with E-state index in [4.69, 9.17) is 9.47 Å². The van der Waals surface area contributed by atoms with Crippen LogP contribution in [0.15, 0.2) is 24.3 Å². The first-order valence-corrected chi connectivity index (χ1v) is 10.8. The van der Waals surface area contributed by atoms with Gasteiger partial charge in [0.05, 0.1) is 0 Å². The first kappa shape index (κ1) is 22.7. The number of rotatable bonds is 11. The molecule has 1 amide bonds. The van der Waals surface area contributed by atoms with Crippen molar-refractivity contribution in [2.75, 3.05) is 32.1 Å². The topological polar surface area (TPSA) is 50.8 Å². The maximum absolute atomic E-state index is 12.6. The monoisotopic (exact) mass is 390 g/mol. The first-order chi connectivity index (χ1) is 13.5. The molecular weight excluding hydrogens is 352 g/mol. The molecule has 1 fully saturated rings. The zero-order valence-electron chi connectivity index (χ0n) is 18.1. The predicted molar refractivity (Wildman–Crippen MR) is 115 cm³/mol. The van der Waals surface area contributed by atoms with E-state index in [0.717, 1.165) is 43.7 Å². The third-order valence-electron chi connectivity index (χ3n) is 5.89. The summed E-state index contributed by atoms with van der Waals surface area (Å²) in [5.74, 6) is 0.735. The highest BCUT2D eigenvalue weighted by atomic mass is 16.5. The van der Waals surface area contributed by atoms with E-state index in [1.165, 1.54) is 25.8 Å². The summed E-state index contributed by atoms with van der Waals surface area (Å²) in [6.07, 6.45) is 7.85. The number of hydrogen-bond donors (Lipinski definition) is 1. The van der Waals surface area contributed by atoms with Crippen LogP contribution in [0.4, 0.5) is 5.69 Å². The van der Waals surface area contributed by atoms with Crippen LogP contribution in [0.5, 0.6) is 5.75 Å². The van der Waals surface area contributed by atoms with Crippen molar-refractivity contribution in [1.82, 2.24) is 4.90 Å². The van der Waals surface area contributed by atoms with Gasteiger partial charge in [0, 0.05) is 25.4 Å². The fourth-order valence-electron chi connectivity index (χ4n) is 3.69. The Bertz CT molecular complexity index is 590. The van der Waals surface area contributed by atoms with Crippen LogP contribution in [0.2, 0.25) is 0 Å². The summed E-state index contributed by atoms with van der Waals surface area (Å²) in [6.45, 7) is 9.13. The van der Waals surface area contributed by atoms with Gasteiger partial charge in [0.2, 0.25) is 0 Å². The maximum Gasteiger partial charge on any atom is 0.256 e. The minimum absolute atomic E-state index is 0.0983. The number of carbonyl (C=O) groups excluding carboxylic acids is 1. The van der Waals surface area contributed by atoms with Gasteiger partial charge >= 0.3 is 0 Å². The lowest BCUT2D eigenvalue weighted by Crippen LogP contribution is -2.41. The number of ether oxygens (including phenoxy) is 2. The molecule has 0 radical (unpaired) electrons. The minimum atomic E-state index is -0.796. The van der Waals surface area contributed by atoms with Crippen molar-refractivity contribution in [1.29, 1.82) is 0 Å². The molecule has 1 aromatic rings. The number of nitrogens with one attached hydrogen (secondary N) is 1. The largest absolute Gasteiger partial charge is 0.492 e. The zero-order chi connectivity index (χ0) is 20.4. The van der Waals surface area contributed by atoms with Crippen LogP contribution in [0.25, 0.3) is 0 Å². The Morgan fingerprint density at radius 3 is 2.64 bits per heavy atom. The second-order valence-electron chi connectivity index (χ2n) is 8.10. The molecule has 5 heteroatoms. The molecule has 5 nitrogen and oxygen atoms in total. The normalized spacial score (nSPS) is 19.8. The minimum Gasteiger partial charge on any atom is -0.492 e. The van der Waals surface area contributed by atoms with Gasteiger partial charge in [0.1, 0.15) is 18.0 Å². The van der Waals surface area contributed by atoms with E-state index in [-0.39, 0.29) is 5.91 Å². The fraction of sp³-hybridized carbons (Fsp3) is 0.696. The van der Waals surface area contributed by atoms with Gasteiger partial charge in [-0.1, -0.05) is 32.6 Å². The van der Waals surface area contributed by atoms with E-state index in [1.54, 1.807) is 7.11 Å². The lowest BCUT2D eigenvalue weighted by Gasteiger charge is -2.33. The molecule has 0 spiro atoms. The summed E-state index contributed by atoms with van der Waals surface area (Å²) >= 11 is 0. The van der Waals surface area contributed by atoms with E-state index in [1.807, 2.05) is 31.2 Å². The highest BCUT2D eigenvalue weighted by molar-refractivity contribution is 5.97. The second kappa shape index (κ2) is 11.4. The number of piperidine rings is 1. The average Bonchev–Trinajstić information content (AvgIpc) is 2.70. The van der Waals surface area contributed by atoms with Crippen LogP contribution in [0.1, 0.15) is 65.7 Å². The Morgan fingerprint density at radius 2 is 2.00 bits per heavy atom. The molecule has 0 aliphatic carbocycles. The molecule has 1 aliphatic heterocycles. The fourth-order valence-corrected chi connectivity index (χ4v) is 3.69. The Kier molecular flexibility index (Phi) is 9.26. The third kappa shape index (κ3) is 6.78. The maximum atomic E-state index is 12.6. The number of hydrogen-bond acceptors (Lipinski definition) is 4. The first-order valence-electron chi connectivity index (χ1n) is 10.8. The van der Waals surface area contributed by atoms with Crippen molar-refractivity contribution in [2.24, 2.45) is 0 Å². The number of carbonyl (C=O) groups is 1. The number of nitrogens with zero attached hydrogens (tertiary/aromatic N) is 1. The van der Waals surface area contributed by atoms with Crippen LogP contribution in [0.3, 0.4) is 0 Å². The summed E-state index contributed by atoms with van der Waals surface area (Å²) in [6, 6.07) is 8.26. The van der Waals surface area contributed by atoms with Crippen molar-refractivity contribution >= 4 is 11.6 Å². The lowest BCUT2D eigenvalue weighted by atomic mass is 9.97. The molecule has 1 saturated heterocycles. The van der Waals surface area contributed by atoms with Crippen molar-refractivity contribution in [3.05, 3.63) is 24.3 Å². The number of amides is 1. The zero-order valence-corrected chi connectivity index (χ0v) is 18.1. The van der Waals surface area contributed by atoms with Crippen molar-refractivity contribution in [2.45, 2.75) is 77.4 Å². The Morgan fingerprint density at radius 1 is 1.25 bits per heavy atom. The van der Waals surface area contributed by atoms with Crippen molar-refractivity contribution < 1.29 is 14.3 Å². The van der Waals surface area contributed by atoms with Crippen LogP contribution >= 0.6 is 0 Å². The molecule has 1 heterocycles. The number of benzene rings is 1. The van der Waals surface area contributed by atoms with Gasteiger partial charge in [-0.15, -0.1) is 0 Å². The standard InChI is InChI=1S/C23H38N2O3/c1-5-6-8-15-23(3,27-4)22(26)24-20-11-13-21(14-12-20)28-18-17-25-16-9-7-10-19(25)2/h11-14,19H,5-10,15-18H2,1-4H3,(H,24,26). The molecule has 2 unspecified atom stereocenters. The SMILES string of the molecule is CCCCCC(C)(OC)C(=O)Nc1ccc(OCCN2CCCCC2C)cc1. The van der Waals surface area contributed by atoms with Gasteiger partial charge in [-0.25, -0.2) is 0 Å². The van der Waals surface area contributed by atoms with E-state index in [0.29, 0.717) is 12.6 Å². The van der Waals surface area contributed by atoms with Crippen LogP contribution < -0.4 is 10.1 Å². The van der Waals surface area contributed by atoms with Gasteiger partial charge in [0.25, 0.3) is 5.91 Å². The Hall–Kier alpha value is -1.59. The number of likely N-dealkylation sites (tertiary alicyclic amines) is 1. The molecule has 0 bridgehead atoms. The smallest absolute Gasteiger partial charge is 0.256 e. The molecule has 2 rings (SSSR count). The van der Waals surface area contributed by atoms with Gasteiger partial charge in [-0.3, -0.25) is 9.69 Å². The molecule has 158 valence electrons. The van der Waals surface area contributed by atoms with E-state index in [2.05, 4.69) is 24.1 Å². The van der Waals surface area contributed by atoms with E-state index < -0.39 is 5.60 Å². The predicted octanol–water partition coefficient (Wildman–Crippen LogP) is 4.86. The summed E-state index contributed by atoms with van der Waals surface area (Å²) in [7, 11) is 1.60. The van der Waals surface area contributed by atoms with Gasteiger partial charge in [-0.05, 0) is 63.9 Å². The van der Waals surface area contributed by atoms with Crippen molar-refractivity contribution in [3.8, 4) is 5.75 Å². The molecule has 0 saturated carbocycles. The molecule has 28 heavy (non-hydrogen) atoms. The van der Waals surface area contributed by atoms with Crippen LogP contribution in [0, 0.1) is 0 Å². The van der Waals surface area contributed by atoms with Crippen LogP contribution in [-0.2, 0) is 9.53 Å². The number of methoxy groups -OCH3 is 1. The quantitative estimate of drug-likeness (QED) is 0.548. The highest BCUT2D eigenvalue weighted by Crippen LogP contribution is 2.23. The van der Waals surface area contributed by atoms with Gasteiger partial charge in [0.15, 0.2) is 0 Å². The molecule has 0 aromatic heterocycles. The molecule has 2 atom stereocenters. The summed E-state index contributed by atoms with van der Waals surface area (Å²) < 4.78 is 11.4. The highest BCUT2D eigenvalue weighted by Gasteiger charge is 2.32. The molecule has 1 aromatic carbocycles. The number of unbranched alkanes of at least 4 members (excludes halogenated alkanes) is 2. The van der Waals surface area contributed by atoms with Crippen molar-refractivity contribution in [3.63, 3.8) is 0 Å². The second-order valence-corrected chi connectivity index (χ2v) is 8.10. The van der Waals surface area contributed by atoms with E-state index in [9.17, 15) is 4.79 Å². The van der Waals surface area contributed by atoms with Crippen LogP contribution in [-0.4, -0.2) is 49.3 Å². The molecule has 1 aliphatic rings. The Balaban J connectivity index is 1.80. The van der Waals surface area contributed by atoms with E-state index >= 15 is 0 Å².